The van der Waals surface area contributed by atoms with Crippen LogP contribution < -0.4 is 10.5 Å². The van der Waals surface area contributed by atoms with Gasteiger partial charge in [-0.05, 0) is 36.1 Å². The molecule has 0 unspecified atom stereocenters. The SMILES string of the molecule is CCc1cc(=O)[nH]c(-c2ccc(N3CCc4ccccc4C3)nc2)n1. The number of nitrogens with zero attached hydrogens (tertiary/aromatic N) is 3. The summed E-state index contributed by atoms with van der Waals surface area (Å²) >= 11 is 0. The van der Waals surface area contributed by atoms with Gasteiger partial charge in [-0.2, -0.15) is 0 Å². The molecule has 5 heteroatoms. The van der Waals surface area contributed by atoms with E-state index in [1.165, 1.54) is 17.2 Å². The zero-order valence-electron chi connectivity index (χ0n) is 14.2. The minimum atomic E-state index is -0.126. The molecule has 5 nitrogen and oxygen atoms in total. The van der Waals surface area contributed by atoms with Gasteiger partial charge in [0.05, 0.1) is 0 Å². The zero-order valence-corrected chi connectivity index (χ0v) is 14.2. The van der Waals surface area contributed by atoms with Gasteiger partial charge in [0.1, 0.15) is 11.6 Å². The standard InChI is InChI=1S/C20H20N4O/c1-2-17-11-19(25)23-20(22-17)15-7-8-18(21-12-15)24-10-9-14-5-3-4-6-16(14)13-24/h3-8,11-12H,2,9-10,13H2,1H3,(H,22,23,25). The molecule has 126 valence electrons. The van der Waals surface area contributed by atoms with E-state index in [1.807, 2.05) is 19.1 Å². The second kappa shape index (κ2) is 6.51. The van der Waals surface area contributed by atoms with Crippen LogP contribution in [-0.2, 0) is 19.4 Å². The van der Waals surface area contributed by atoms with Gasteiger partial charge in [0.25, 0.3) is 5.56 Å². The molecule has 0 bridgehead atoms. The summed E-state index contributed by atoms with van der Waals surface area (Å²) in [7, 11) is 0. The van der Waals surface area contributed by atoms with Crippen LogP contribution in [0.2, 0.25) is 0 Å². The molecule has 1 N–H and O–H groups in total. The average Bonchev–Trinajstić information content (AvgIpc) is 2.67. The Bertz CT molecular complexity index is 946. The number of benzene rings is 1. The van der Waals surface area contributed by atoms with Crippen LogP contribution in [-0.4, -0.2) is 21.5 Å². The highest BCUT2D eigenvalue weighted by Gasteiger charge is 2.17. The van der Waals surface area contributed by atoms with Crippen LogP contribution in [0.15, 0.2) is 53.5 Å². The van der Waals surface area contributed by atoms with Crippen molar-refractivity contribution in [2.24, 2.45) is 0 Å². The molecule has 1 aromatic carbocycles. The summed E-state index contributed by atoms with van der Waals surface area (Å²) < 4.78 is 0. The van der Waals surface area contributed by atoms with Crippen molar-refractivity contribution in [1.29, 1.82) is 0 Å². The van der Waals surface area contributed by atoms with Gasteiger partial charge in [-0.25, -0.2) is 9.97 Å². The van der Waals surface area contributed by atoms with Crippen LogP contribution >= 0.6 is 0 Å². The number of nitrogens with one attached hydrogen (secondary N) is 1. The summed E-state index contributed by atoms with van der Waals surface area (Å²) in [5, 5.41) is 0. The van der Waals surface area contributed by atoms with Crippen molar-refractivity contribution in [2.45, 2.75) is 26.3 Å². The largest absolute Gasteiger partial charge is 0.352 e. The third kappa shape index (κ3) is 3.18. The number of aromatic nitrogens is 3. The first kappa shape index (κ1) is 15.6. The fraction of sp³-hybridized carbons (Fsp3) is 0.250. The first-order chi connectivity index (χ1) is 12.2. The molecule has 1 aliphatic heterocycles. The van der Waals surface area contributed by atoms with Crippen molar-refractivity contribution in [3.63, 3.8) is 0 Å². The minimum absolute atomic E-state index is 0.126. The quantitative estimate of drug-likeness (QED) is 0.801. The van der Waals surface area contributed by atoms with E-state index >= 15 is 0 Å². The summed E-state index contributed by atoms with van der Waals surface area (Å²) in [5.41, 5.74) is 4.28. The van der Waals surface area contributed by atoms with E-state index in [-0.39, 0.29) is 5.56 Å². The van der Waals surface area contributed by atoms with E-state index in [2.05, 4.69) is 44.1 Å². The van der Waals surface area contributed by atoms with E-state index in [9.17, 15) is 4.79 Å². The van der Waals surface area contributed by atoms with Crippen LogP contribution in [0.3, 0.4) is 0 Å². The van der Waals surface area contributed by atoms with Gasteiger partial charge < -0.3 is 9.88 Å². The number of rotatable bonds is 3. The number of pyridine rings is 1. The normalized spacial score (nSPS) is 13.6. The molecular weight excluding hydrogens is 312 g/mol. The molecule has 3 aromatic rings. The van der Waals surface area contributed by atoms with Gasteiger partial charge in [-0.1, -0.05) is 31.2 Å². The smallest absolute Gasteiger partial charge is 0.251 e. The molecule has 4 rings (SSSR count). The number of aromatic amines is 1. The number of anilines is 1. The second-order valence-corrected chi connectivity index (χ2v) is 6.28. The number of hydrogen-bond acceptors (Lipinski definition) is 4. The van der Waals surface area contributed by atoms with Crippen LogP contribution in [0.5, 0.6) is 0 Å². The van der Waals surface area contributed by atoms with E-state index < -0.39 is 0 Å². The molecule has 0 amide bonds. The highest BCUT2D eigenvalue weighted by molar-refractivity contribution is 5.57. The minimum Gasteiger partial charge on any atom is -0.352 e. The van der Waals surface area contributed by atoms with E-state index in [4.69, 9.17) is 0 Å². The molecule has 2 aromatic heterocycles. The second-order valence-electron chi connectivity index (χ2n) is 6.28. The van der Waals surface area contributed by atoms with E-state index in [0.717, 1.165) is 43.0 Å². The van der Waals surface area contributed by atoms with Gasteiger partial charge in [0.15, 0.2) is 0 Å². The van der Waals surface area contributed by atoms with Gasteiger partial charge in [0, 0.05) is 36.6 Å². The lowest BCUT2D eigenvalue weighted by atomic mass is 10.00. The Kier molecular flexibility index (Phi) is 4.06. The number of fused-ring (bicyclic) bond motifs is 1. The molecule has 3 heterocycles. The number of aryl methyl sites for hydroxylation is 1. The highest BCUT2D eigenvalue weighted by atomic mass is 16.1. The predicted octanol–water partition coefficient (Wildman–Crippen LogP) is 2.96. The highest BCUT2D eigenvalue weighted by Crippen LogP contribution is 2.24. The summed E-state index contributed by atoms with van der Waals surface area (Å²) in [5.74, 6) is 1.53. The lowest BCUT2D eigenvalue weighted by Gasteiger charge is -2.29. The van der Waals surface area contributed by atoms with Crippen molar-refractivity contribution in [3.05, 3.63) is 75.8 Å². The molecule has 0 atom stereocenters. The molecule has 0 aliphatic carbocycles. The molecule has 1 aliphatic rings. The zero-order chi connectivity index (χ0) is 17.2. The summed E-state index contributed by atoms with van der Waals surface area (Å²) in [6.07, 6.45) is 3.55. The molecule has 0 spiro atoms. The fourth-order valence-electron chi connectivity index (χ4n) is 3.23. The van der Waals surface area contributed by atoms with Gasteiger partial charge in [-0.15, -0.1) is 0 Å². The molecule has 0 fully saturated rings. The van der Waals surface area contributed by atoms with Crippen molar-refractivity contribution in [2.75, 3.05) is 11.4 Å². The Balaban J connectivity index is 1.59. The molecule has 0 saturated heterocycles. The number of hydrogen-bond donors (Lipinski definition) is 1. The van der Waals surface area contributed by atoms with Crippen molar-refractivity contribution >= 4 is 5.82 Å². The Labute approximate surface area is 146 Å². The summed E-state index contributed by atoms with van der Waals surface area (Å²) in [4.78, 5) is 25.9. The lowest BCUT2D eigenvalue weighted by Crippen LogP contribution is -2.30. The molecule has 0 radical (unpaired) electrons. The summed E-state index contributed by atoms with van der Waals surface area (Å²) in [6.45, 7) is 3.83. The number of H-pyrrole nitrogens is 1. The van der Waals surface area contributed by atoms with Crippen molar-refractivity contribution in [1.82, 2.24) is 15.0 Å². The Hall–Kier alpha value is -2.95. The topological polar surface area (TPSA) is 61.9 Å². The Morgan fingerprint density at radius 1 is 1.16 bits per heavy atom. The van der Waals surface area contributed by atoms with Gasteiger partial charge in [0.2, 0.25) is 0 Å². The predicted molar refractivity (Wildman–Crippen MR) is 98.7 cm³/mol. The van der Waals surface area contributed by atoms with Crippen LogP contribution in [0.25, 0.3) is 11.4 Å². The molecular formula is C20H20N4O. The maximum absolute atomic E-state index is 11.8. The maximum Gasteiger partial charge on any atom is 0.251 e. The van der Waals surface area contributed by atoms with Crippen LogP contribution in [0.1, 0.15) is 23.7 Å². The van der Waals surface area contributed by atoms with E-state index in [0.29, 0.717) is 5.82 Å². The average molecular weight is 332 g/mol. The van der Waals surface area contributed by atoms with Gasteiger partial charge >= 0.3 is 0 Å². The maximum atomic E-state index is 11.8. The monoisotopic (exact) mass is 332 g/mol. The van der Waals surface area contributed by atoms with Crippen LogP contribution in [0.4, 0.5) is 5.82 Å². The Morgan fingerprint density at radius 2 is 2.00 bits per heavy atom. The van der Waals surface area contributed by atoms with Crippen molar-refractivity contribution < 1.29 is 0 Å². The third-order valence-corrected chi connectivity index (χ3v) is 4.63. The fourth-order valence-corrected chi connectivity index (χ4v) is 3.23. The first-order valence-electron chi connectivity index (χ1n) is 8.61. The van der Waals surface area contributed by atoms with Crippen molar-refractivity contribution in [3.8, 4) is 11.4 Å². The third-order valence-electron chi connectivity index (χ3n) is 4.63. The summed E-state index contributed by atoms with van der Waals surface area (Å²) in [6, 6.07) is 14.1. The van der Waals surface area contributed by atoms with Crippen LogP contribution in [0, 0.1) is 0 Å². The molecule has 25 heavy (non-hydrogen) atoms. The van der Waals surface area contributed by atoms with Gasteiger partial charge in [-0.3, -0.25) is 4.79 Å². The Morgan fingerprint density at radius 3 is 2.76 bits per heavy atom. The van der Waals surface area contributed by atoms with E-state index in [1.54, 1.807) is 6.20 Å². The molecule has 0 saturated carbocycles. The first-order valence-corrected chi connectivity index (χ1v) is 8.61. The lowest BCUT2D eigenvalue weighted by molar-refractivity contribution is 0.721.